The van der Waals surface area contributed by atoms with Crippen molar-refractivity contribution >= 4 is 128 Å². The van der Waals surface area contributed by atoms with Gasteiger partial charge in [-0.05, 0) is 281 Å². The molecular weight excluding hydrogens is 1660 g/mol. The summed E-state index contributed by atoms with van der Waals surface area (Å²) in [7, 11) is -11.1. The molecule has 0 aromatic heterocycles. The van der Waals surface area contributed by atoms with Crippen molar-refractivity contribution in [3.63, 3.8) is 0 Å². The van der Waals surface area contributed by atoms with Gasteiger partial charge in [0.05, 0.1) is 17.2 Å². The van der Waals surface area contributed by atoms with E-state index in [1.165, 1.54) is 0 Å². The van der Waals surface area contributed by atoms with E-state index in [4.69, 9.17) is 11.4 Å². The number of rotatable bonds is 27. The molecule has 16 heteroatoms. The molecule has 6 nitrogen and oxygen atoms in total. The van der Waals surface area contributed by atoms with Crippen molar-refractivity contribution in [2.24, 2.45) is 0 Å². The zero-order chi connectivity index (χ0) is 86.4. The average molecular weight is 1780 g/mol. The topological polar surface area (TPSA) is 96.9 Å². The van der Waals surface area contributed by atoms with Crippen molar-refractivity contribution < 1.29 is 115 Å². The zero-order valence-corrected chi connectivity index (χ0v) is 91.2. The summed E-state index contributed by atoms with van der Waals surface area (Å²) in [5.41, 5.74) is 31.4. The summed E-state index contributed by atoms with van der Waals surface area (Å²) in [6.07, 6.45) is 0. The fraction of sp³-hybridized carbons (Fsp3) is 0.333. The standard InChI is InChI=1S/3C36H42O2Si2.Al.3Na/c3*1-7-39(8-2,9-3)23-21-27-13-17-31-29(25-27)15-19-33(37)35(31)36-32-18-14-28(26-30(32)16-20-34(36)38)22-24-40(10-4,11-5)12-6;;;;/h3*13-20,25-26,37-38H,7-12H2,1-6H3;;;;/q;;;+3;3*+1/p-6. The first-order valence-electron chi connectivity index (χ1n) is 45.2. The minimum Gasteiger partial charge on any atom is -0.872 e. The maximum absolute atomic E-state index is 15.6. The monoisotopic (exact) mass is 1780 g/mol. The molecule has 0 atom stereocenters. The predicted octanol–water partition coefficient (Wildman–Crippen LogP) is 18.8. The summed E-state index contributed by atoms with van der Waals surface area (Å²) in [6.45, 7) is 41.0. The maximum Gasteiger partial charge on any atom is 1.20 e. The number of fused-ring (bicyclic) bond motifs is 6. The molecular formula is C108H120AlNa3O6Si6. The molecule has 0 saturated heterocycles. The van der Waals surface area contributed by atoms with Crippen LogP contribution in [0, 0.1) is 68.8 Å². The van der Waals surface area contributed by atoms with Gasteiger partial charge in [-0.25, -0.2) is 0 Å². The van der Waals surface area contributed by atoms with Gasteiger partial charge in [0.25, 0.3) is 0 Å². The Morgan fingerprint density at radius 3 is 0.524 bits per heavy atom. The van der Waals surface area contributed by atoms with E-state index in [1.807, 2.05) is 54.6 Å². The van der Waals surface area contributed by atoms with Crippen LogP contribution in [0.2, 0.25) is 109 Å². The van der Waals surface area contributed by atoms with Crippen molar-refractivity contribution in [2.75, 3.05) is 0 Å². The molecule has 0 heterocycles. The van der Waals surface area contributed by atoms with Crippen molar-refractivity contribution in [3.05, 3.63) is 215 Å². The third-order valence-electron chi connectivity index (χ3n) is 28.3. The predicted molar refractivity (Wildman–Crippen MR) is 531 cm³/mol. The van der Waals surface area contributed by atoms with Gasteiger partial charge >= 0.3 is 104 Å². The van der Waals surface area contributed by atoms with E-state index in [2.05, 4.69) is 303 Å². The van der Waals surface area contributed by atoms with E-state index in [1.54, 1.807) is 18.2 Å². The molecule has 0 aliphatic heterocycles. The minimum absolute atomic E-state index is 0. The fourth-order valence-electron chi connectivity index (χ4n) is 17.9. The van der Waals surface area contributed by atoms with Crippen molar-refractivity contribution in [1.29, 1.82) is 0 Å². The summed E-state index contributed by atoms with van der Waals surface area (Å²) in [6, 6.07) is 79.6. The number of benzene rings is 12. The van der Waals surface area contributed by atoms with Gasteiger partial charge in [-0.2, -0.15) is 0 Å². The molecule has 0 spiro atoms. The van der Waals surface area contributed by atoms with Gasteiger partial charge in [0.15, 0.2) is 0 Å². The molecule has 12 aromatic carbocycles. The van der Waals surface area contributed by atoms with Gasteiger partial charge in [-0.15, -0.1) is 50.5 Å². The normalized spacial score (nSPS) is 11.6. The molecule has 0 fully saturated rings. The molecule has 0 unspecified atom stereocenters. The van der Waals surface area contributed by atoms with Crippen molar-refractivity contribution in [1.82, 2.24) is 0 Å². The SMILES string of the molecule is CC[Si](C#Cc1ccc2c(-c3c([O][Al]([O]c4ccc5cc(C#C[Si](CC)(CC)CC)ccc5c4-c4c([O-])ccc5cc(C#C[Si](CC)(CC)CC)ccc45)[O]c4ccc5cc(C#C[Si](CC)(CC)CC)ccc5c4-c4c([O-])ccc5cc(C#C[Si](CC)(CC)CC)ccc45)ccc4cc(C#C[Si](CC)(CC)CC)ccc34)c([O-])ccc2c1)(CC)CC.[Na+].[Na+].[Na+]. The van der Waals surface area contributed by atoms with Crippen LogP contribution in [0.1, 0.15) is 158 Å². The van der Waals surface area contributed by atoms with Crippen molar-refractivity contribution in [3.8, 4) is 137 Å². The van der Waals surface area contributed by atoms with Gasteiger partial charge in [0, 0.05) is 50.1 Å². The van der Waals surface area contributed by atoms with E-state index >= 15 is 15.3 Å². The van der Waals surface area contributed by atoms with Crippen LogP contribution in [0.3, 0.4) is 0 Å². The van der Waals surface area contributed by atoms with Gasteiger partial charge in [0.1, 0.15) is 48.4 Å². The van der Waals surface area contributed by atoms with Crippen LogP contribution in [0.25, 0.3) is 98.0 Å². The molecule has 12 aromatic rings. The summed E-state index contributed by atoms with van der Waals surface area (Å²) in [4.78, 5) is 0. The van der Waals surface area contributed by atoms with Crippen LogP contribution >= 0.6 is 0 Å². The first kappa shape index (κ1) is 101. The molecule has 12 rings (SSSR count). The molecule has 0 saturated carbocycles. The Balaban J connectivity index is 0.00000581. The number of hydrogen-bond acceptors (Lipinski definition) is 6. The van der Waals surface area contributed by atoms with Crippen LogP contribution in [-0.2, 0) is 0 Å². The van der Waals surface area contributed by atoms with Gasteiger partial charge < -0.3 is 26.7 Å². The molecule has 0 radical (unpaired) electrons. The Morgan fingerprint density at radius 2 is 0.363 bits per heavy atom. The van der Waals surface area contributed by atoms with Gasteiger partial charge in [0.2, 0.25) is 0 Å². The largest absolute Gasteiger partial charge is 1.20 e. The second-order valence-electron chi connectivity index (χ2n) is 33.4. The number of hydrogen-bond donors (Lipinski definition) is 0. The second kappa shape index (κ2) is 45.0. The molecule has 124 heavy (non-hydrogen) atoms. The van der Waals surface area contributed by atoms with Gasteiger partial charge in [-0.3, -0.25) is 0 Å². The summed E-state index contributed by atoms with van der Waals surface area (Å²) in [5.74, 6) is 22.3. The molecule has 0 aliphatic rings. The summed E-state index contributed by atoms with van der Waals surface area (Å²) in [5, 5.41) is 56.7. The van der Waals surface area contributed by atoms with Crippen LogP contribution < -0.4 is 115 Å². The average Bonchev–Trinajstić information content (AvgIpc) is 0.750. The quantitative estimate of drug-likeness (QED) is 0.0376. The van der Waals surface area contributed by atoms with E-state index in [0.29, 0.717) is 50.6 Å². The summed E-state index contributed by atoms with van der Waals surface area (Å²) < 4.78 is 23.7. The molecule has 0 N–H and O–H groups in total. The molecule has 0 bridgehead atoms. The first-order valence-corrected chi connectivity index (χ1v) is 62.3. The van der Waals surface area contributed by atoms with Crippen LogP contribution in [-0.4, -0.2) is 63.6 Å². The first-order chi connectivity index (χ1) is 58.5. The van der Waals surface area contributed by atoms with Crippen LogP contribution in [0.4, 0.5) is 0 Å². The van der Waals surface area contributed by atoms with Gasteiger partial charge in [-0.1, -0.05) is 251 Å². The van der Waals surface area contributed by atoms with Crippen molar-refractivity contribution in [2.45, 2.75) is 233 Å². The Morgan fingerprint density at radius 1 is 0.210 bits per heavy atom. The van der Waals surface area contributed by atoms with Crippen LogP contribution in [0.5, 0.6) is 34.5 Å². The Hall–Kier alpha value is -6.81. The zero-order valence-electron chi connectivity index (χ0n) is 78.1. The molecule has 0 amide bonds. The Labute approximate surface area is 819 Å². The fourth-order valence-corrected chi connectivity index (χ4v) is 33.9. The van der Waals surface area contributed by atoms with E-state index in [-0.39, 0.29) is 106 Å². The third-order valence-corrected chi connectivity index (χ3v) is 58.0. The van der Waals surface area contributed by atoms with E-state index in [9.17, 15) is 0 Å². The minimum atomic E-state index is -4.03. The van der Waals surface area contributed by atoms with Crippen LogP contribution in [0.15, 0.2) is 182 Å². The van der Waals surface area contributed by atoms with E-state index < -0.39 is 63.6 Å². The molecule has 618 valence electrons. The maximum atomic E-state index is 15.6. The van der Waals surface area contributed by atoms with E-state index in [0.717, 1.165) is 207 Å². The Bertz CT molecular complexity index is 5650. The smallest absolute Gasteiger partial charge is 0.872 e. The summed E-state index contributed by atoms with van der Waals surface area (Å²) >= 11 is -4.03. The second-order valence-corrected chi connectivity index (χ2v) is 64.3. The molecule has 0 aliphatic carbocycles. The Kier molecular flexibility index (Phi) is 36.6. The third kappa shape index (κ3) is 21.7.